The Balaban J connectivity index is 1.49. The lowest BCUT2D eigenvalue weighted by Crippen LogP contribution is -2.66. The quantitative estimate of drug-likeness (QED) is 0.403. The molecule has 0 aromatic heterocycles. The van der Waals surface area contributed by atoms with Gasteiger partial charge < -0.3 is 9.84 Å². The molecule has 5 aliphatic carbocycles. The van der Waals surface area contributed by atoms with Gasteiger partial charge in [-0.05, 0) is 115 Å². The van der Waals surface area contributed by atoms with Crippen molar-refractivity contribution in [1.82, 2.24) is 0 Å². The molecule has 5 rings (SSSR count). The van der Waals surface area contributed by atoms with Gasteiger partial charge in [-0.2, -0.15) is 0 Å². The van der Waals surface area contributed by atoms with Gasteiger partial charge in [-0.1, -0.05) is 48.5 Å². The zero-order valence-electron chi connectivity index (χ0n) is 24.3. The van der Waals surface area contributed by atoms with Crippen LogP contribution in [0.3, 0.4) is 0 Å². The normalized spacial score (nSPS) is 52.2. The molecule has 4 heteroatoms. The van der Waals surface area contributed by atoms with Gasteiger partial charge in [0.25, 0.3) is 0 Å². The summed E-state index contributed by atoms with van der Waals surface area (Å²) in [5.41, 5.74) is 1.13. The second-order valence-electron chi connectivity index (χ2n) is 15.6. The van der Waals surface area contributed by atoms with E-state index in [1.807, 2.05) is 6.92 Å². The Morgan fingerprint density at radius 2 is 1.50 bits per heavy atom. The molecule has 5 aliphatic rings. The van der Waals surface area contributed by atoms with Crippen molar-refractivity contribution in [2.45, 2.75) is 126 Å². The molecule has 0 aromatic rings. The van der Waals surface area contributed by atoms with Crippen molar-refractivity contribution < 1.29 is 19.4 Å². The highest BCUT2D eigenvalue weighted by Crippen LogP contribution is 2.77. The average Bonchev–Trinajstić information content (AvgIpc) is 3.13. The summed E-state index contributed by atoms with van der Waals surface area (Å²) in [4.78, 5) is 24.0. The largest absolute Gasteiger partial charge is 0.481 e. The van der Waals surface area contributed by atoms with Crippen molar-refractivity contribution >= 4 is 11.9 Å². The van der Waals surface area contributed by atoms with E-state index in [2.05, 4.69) is 41.5 Å². The van der Waals surface area contributed by atoms with Crippen LogP contribution in [0.15, 0.2) is 0 Å². The summed E-state index contributed by atoms with van der Waals surface area (Å²) in [5, 5.41) is 9.97. The van der Waals surface area contributed by atoms with Gasteiger partial charge in [0.05, 0.1) is 5.92 Å². The summed E-state index contributed by atoms with van der Waals surface area (Å²) in [6.07, 6.45) is 12.0. The van der Waals surface area contributed by atoms with Gasteiger partial charge in [0.2, 0.25) is 0 Å². The fraction of sp³-hybridized carbons (Fsp3) is 0.938. The summed E-state index contributed by atoms with van der Waals surface area (Å²) < 4.78 is 5.89. The predicted molar refractivity (Wildman–Crippen MR) is 142 cm³/mol. The van der Waals surface area contributed by atoms with E-state index >= 15 is 0 Å². The van der Waals surface area contributed by atoms with Crippen LogP contribution in [0.4, 0.5) is 0 Å². The van der Waals surface area contributed by atoms with Gasteiger partial charge in [-0.25, -0.2) is 0 Å². The molecule has 36 heavy (non-hydrogen) atoms. The van der Waals surface area contributed by atoms with Crippen molar-refractivity contribution in [1.29, 1.82) is 0 Å². The first kappa shape index (κ1) is 26.5. The van der Waals surface area contributed by atoms with E-state index in [-0.39, 0.29) is 39.7 Å². The number of ether oxygens (including phenoxy) is 1. The van der Waals surface area contributed by atoms with E-state index in [9.17, 15) is 14.7 Å². The molecule has 0 bridgehead atoms. The molecule has 11 atom stereocenters. The monoisotopic (exact) mass is 500 g/mol. The number of fused-ring (bicyclic) bond motifs is 7. The van der Waals surface area contributed by atoms with Gasteiger partial charge in [0.15, 0.2) is 0 Å². The van der Waals surface area contributed by atoms with E-state index in [0.29, 0.717) is 35.0 Å². The van der Waals surface area contributed by atoms with Crippen LogP contribution in [0.5, 0.6) is 0 Å². The molecule has 5 saturated carbocycles. The number of hydrogen-bond acceptors (Lipinski definition) is 3. The lowest BCUT2D eigenvalue weighted by Gasteiger charge is -2.73. The summed E-state index contributed by atoms with van der Waals surface area (Å²) in [6.45, 7) is 18.6. The average molecular weight is 501 g/mol. The highest BCUT2D eigenvalue weighted by molar-refractivity contribution is 5.70. The van der Waals surface area contributed by atoms with Crippen molar-refractivity contribution in [3.8, 4) is 0 Å². The van der Waals surface area contributed by atoms with Crippen LogP contribution in [-0.4, -0.2) is 23.1 Å². The number of carboxylic acid groups (broad SMARTS) is 1. The van der Waals surface area contributed by atoms with Crippen LogP contribution in [-0.2, 0) is 14.3 Å². The van der Waals surface area contributed by atoms with Gasteiger partial charge in [-0.3, -0.25) is 9.59 Å². The summed E-state index contributed by atoms with van der Waals surface area (Å²) in [5.74, 6) is 1.77. The van der Waals surface area contributed by atoms with Crippen LogP contribution in [0, 0.1) is 62.6 Å². The Morgan fingerprint density at radius 3 is 2.14 bits per heavy atom. The minimum Gasteiger partial charge on any atom is -0.481 e. The molecule has 0 spiro atoms. The van der Waals surface area contributed by atoms with Crippen molar-refractivity contribution in [3.63, 3.8) is 0 Å². The Labute approximate surface area is 219 Å². The molecule has 0 amide bonds. The van der Waals surface area contributed by atoms with Crippen LogP contribution in [0.1, 0.15) is 120 Å². The maximum atomic E-state index is 12.1. The molecule has 1 N–H and O–H groups in total. The molecule has 0 saturated heterocycles. The number of carboxylic acids is 1. The van der Waals surface area contributed by atoms with Gasteiger partial charge >= 0.3 is 11.9 Å². The van der Waals surface area contributed by atoms with E-state index < -0.39 is 5.97 Å². The lowest BCUT2D eigenvalue weighted by molar-refractivity contribution is -0.250. The Hall–Kier alpha value is -1.06. The van der Waals surface area contributed by atoms with Crippen molar-refractivity contribution in [2.24, 2.45) is 62.6 Å². The zero-order chi connectivity index (χ0) is 26.5. The maximum Gasteiger partial charge on any atom is 0.306 e. The third kappa shape index (κ3) is 3.36. The number of carbonyl (C=O) groups excluding carboxylic acids is 1. The number of rotatable bonds is 3. The van der Waals surface area contributed by atoms with Crippen molar-refractivity contribution in [3.05, 3.63) is 0 Å². The van der Waals surface area contributed by atoms with Crippen molar-refractivity contribution in [2.75, 3.05) is 0 Å². The first-order chi connectivity index (χ1) is 16.6. The second kappa shape index (κ2) is 8.22. The molecule has 0 heterocycles. The molecular weight excluding hydrogens is 448 g/mol. The third-order valence-electron chi connectivity index (χ3n) is 14.2. The van der Waals surface area contributed by atoms with Gasteiger partial charge in [0.1, 0.15) is 6.10 Å². The van der Waals surface area contributed by atoms with Crippen LogP contribution in [0.25, 0.3) is 0 Å². The SMILES string of the molecule is CC(=O)O[C@H]1CC[C@@]2(C)[C@H](CC[C@]3(C)[C@@H]2CC[C@H]2[C@H]4[C@H]([C@H](C)C(=O)O)CC[C@]4(C)CC[C@]23C)C1(C)C. The fourth-order valence-electron chi connectivity index (χ4n) is 12.1. The fourth-order valence-corrected chi connectivity index (χ4v) is 12.1. The Bertz CT molecular complexity index is 925. The van der Waals surface area contributed by atoms with E-state index in [1.54, 1.807) is 6.92 Å². The highest BCUT2D eigenvalue weighted by Gasteiger charge is 2.70. The van der Waals surface area contributed by atoms with Crippen LogP contribution >= 0.6 is 0 Å². The van der Waals surface area contributed by atoms with Crippen LogP contribution < -0.4 is 0 Å². The van der Waals surface area contributed by atoms with E-state index in [4.69, 9.17) is 4.74 Å². The third-order valence-corrected chi connectivity index (χ3v) is 14.2. The summed E-state index contributed by atoms with van der Waals surface area (Å²) in [7, 11) is 0. The summed E-state index contributed by atoms with van der Waals surface area (Å²) >= 11 is 0. The summed E-state index contributed by atoms with van der Waals surface area (Å²) in [6, 6.07) is 0. The molecular formula is C32H52O4. The molecule has 0 radical (unpaired) electrons. The maximum absolute atomic E-state index is 12.1. The smallest absolute Gasteiger partial charge is 0.306 e. The number of esters is 1. The first-order valence-corrected chi connectivity index (χ1v) is 15.0. The first-order valence-electron chi connectivity index (χ1n) is 15.0. The highest BCUT2D eigenvalue weighted by atomic mass is 16.5. The van der Waals surface area contributed by atoms with Gasteiger partial charge in [0, 0.05) is 12.3 Å². The minimum absolute atomic E-state index is 0.00361. The second-order valence-corrected chi connectivity index (χ2v) is 15.6. The molecule has 0 unspecified atom stereocenters. The van der Waals surface area contributed by atoms with Crippen LogP contribution in [0.2, 0.25) is 0 Å². The molecule has 0 aliphatic heterocycles. The van der Waals surface area contributed by atoms with Gasteiger partial charge in [-0.15, -0.1) is 0 Å². The Morgan fingerprint density at radius 1 is 0.806 bits per heavy atom. The van der Waals surface area contributed by atoms with E-state index in [0.717, 1.165) is 19.3 Å². The standard InChI is InChI=1S/C32H52O4/c1-19(27(34)35)21-11-14-29(5)17-18-31(7)22(26(21)29)9-10-24-30(6)15-13-25(36-20(2)33)28(3,4)23(30)12-16-32(24,31)8/h19,21-26H,9-18H2,1-8H3,(H,34,35)/t19-,21-,22-,23+,24+,25-,26+,29+,30-,31+,32+/m0/s1. The number of hydrogen-bond donors (Lipinski definition) is 1. The Kier molecular flexibility index (Phi) is 6.06. The number of carbonyl (C=O) groups is 2. The lowest BCUT2D eigenvalue weighted by atomic mass is 9.32. The zero-order valence-corrected chi connectivity index (χ0v) is 24.3. The number of aliphatic carboxylic acids is 1. The molecule has 5 fully saturated rings. The minimum atomic E-state index is -0.601. The predicted octanol–water partition coefficient (Wildman–Crippen LogP) is 7.74. The topological polar surface area (TPSA) is 63.6 Å². The molecule has 4 nitrogen and oxygen atoms in total. The molecule has 0 aromatic carbocycles. The molecule has 204 valence electrons. The van der Waals surface area contributed by atoms with E-state index in [1.165, 1.54) is 44.9 Å².